The molecule has 1 aromatic carbocycles. The van der Waals surface area contributed by atoms with Crippen LogP contribution in [0.3, 0.4) is 0 Å². The van der Waals surface area contributed by atoms with Crippen LogP contribution in [0, 0.1) is 5.82 Å². The number of imide groups is 1. The average molecular weight is 375 g/mol. The molecule has 0 atom stereocenters. The Labute approximate surface area is 154 Å². The lowest BCUT2D eigenvalue weighted by Gasteiger charge is -2.12. The largest absolute Gasteiger partial charge is 0.457 e. The first-order valence-corrected chi connectivity index (χ1v) is 7.75. The molecular formula is C17H18FN5O4. The monoisotopic (exact) mass is 375 g/mol. The number of carbonyl (C=O) groups excluding carboxylic acids is 3. The standard InChI is InChI=1S/C17H18FN5O4/c1-10(24)20-16(25)21-14-5-4-11(8-13(14)18)27-12-6-7-19-15(9-12)22-17(26)23(2)3/h4-9H,1-3H3,(H,19,22,26)(H2,20,21,24,25). The Kier molecular flexibility index (Phi) is 6.26. The molecule has 142 valence electrons. The predicted molar refractivity (Wildman–Crippen MR) is 96.3 cm³/mol. The van der Waals surface area contributed by atoms with Crippen LogP contribution >= 0.6 is 0 Å². The third-order valence-electron chi connectivity index (χ3n) is 3.09. The Morgan fingerprint density at radius 1 is 1.07 bits per heavy atom. The lowest BCUT2D eigenvalue weighted by molar-refractivity contribution is -0.117. The van der Waals surface area contributed by atoms with E-state index in [-0.39, 0.29) is 23.3 Å². The van der Waals surface area contributed by atoms with E-state index in [1.54, 1.807) is 14.1 Å². The molecule has 0 aliphatic rings. The zero-order valence-corrected chi connectivity index (χ0v) is 14.9. The maximum Gasteiger partial charge on any atom is 0.325 e. The molecule has 27 heavy (non-hydrogen) atoms. The van der Waals surface area contributed by atoms with Gasteiger partial charge in [-0.15, -0.1) is 0 Å². The van der Waals surface area contributed by atoms with Crippen LogP contribution in [0.25, 0.3) is 0 Å². The van der Waals surface area contributed by atoms with E-state index >= 15 is 0 Å². The quantitative estimate of drug-likeness (QED) is 0.761. The third-order valence-corrected chi connectivity index (χ3v) is 3.09. The highest BCUT2D eigenvalue weighted by molar-refractivity contribution is 6.00. The van der Waals surface area contributed by atoms with Crippen molar-refractivity contribution in [3.63, 3.8) is 0 Å². The normalized spacial score (nSPS) is 9.93. The van der Waals surface area contributed by atoms with E-state index < -0.39 is 17.8 Å². The zero-order valence-electron chi connectivity index (χ0n) is 14.9. The average Bonchev–Trinajstić information content (AvgIpc) is 2.57. The summed E-state index contributed by atoms with van der Waals surface area (Å²) < 4.78 is 19.6. The van der Waals surface area contributed by atoms with Crippen molar-refractivity contribution >= 4 is 29.5 Å². The van der Waals surface area contributed by atoms with Crippen LogP contribution in [0.5, 0.6) is 11.5 Å². The predicted octanol–water partition coefficient (Wildman–Crippen LogP) is 2.77. The van der Waals surface area contributed by atoms with Gasteiger partial charge in [0.1, 0.15) is 23.1 Å². The molecule has 2 rings (SSSR count). The van der Waals surface area contributed by atoms with Crippen LogP contribution in [-0.2, 0) is 4.79 Å². The molecule has 0 aliphatic carbocycles. The van der Waals surface area contributed by atoms with Gasteiger partial charge in [-0.2, -0.15) is 0 Å². The number of carbonyl (C=O) groups is 3. The van der Waals surface area contributed by atoms with Gasteiger partial charge in [-0.1, -0.05) is 0 Å². The minimum Gasteiger partial charge on any atom is -0.457 e. The molecule has 10 heteroatoms. The summed E-state index contributed by atoms with van der Waals surface area (Å²) in [4.78, 5) is 39.2. The number of anilines is 2. The first-order valence-electron chi connectivity index (χ1n) is 7.75. The van der Waals surface area contributed by atoms with E-state index in [0.717, 1.165) is 13.0 Å². The van der Waals surface area contributed by atoms with E-state index in [1.165, 1.54) is 35.4 Å². The van der Waals surface area contributed by atoms with Gasteiger partial charge in [0, 0.05) is 39.3 Å². The third kappa shape index (κ3) is 5.96. The van der Waals surface area contributed by atoms with Crippen molar-refractivity contribution in [3.05, 3.63) is 42.3 Å². The van der Waals surface area contributed by atoms with Crippen molar-refractivity contribution in [1.82, 2.24) is 15.2 Å². The maximum absolute atomic E-state index is 14.1. The summed E-state index contributed by atoms with van der Waals surface area (Å²) in [6.45, 7) is 1.16. The van der Waals surface area contributed by atoms with Crippen molar-refractivity contribution in [2.75, 3.05) is 24.7 Å². The number of nitrogens with zero attached hydrogens (tertiary/aromatic N) is 2. The topological polar surface area (TPSA) is 113 Å². The molecule has 0 saturated heterocycles. The van der Waals surface area contributed by atoms with Gasteiger partial charge in [0.05, 0.1) is 5.69 Å². The first kappa shape index (κ1) is 19.6. The van der Waals surface area contributed by atoms with Crippen LogP contribution in [0.1, 0.15) is 6.92 Å². The second-order valence-corrected chi connectivity index (χ2v) is 5.58. The fourth-order valence-corrected chi connectivity index (χ4v) is 1.87. The summed E-state index contributed by atoms with van der Waals surface area (Å²) in [6, 6.07) is 5.62. The van der Waals surface area contributed by atoms with Crippen LogP contribution in [0.15, 0.2) is 36.5 Å². The fraction of sp³-hybridized carbons (Fsp3) is 0.176. The number of urea groups is 2. The molecule has 0 fully saturated rings. The van der Waals surface area contributed by atoms with E-state index in [9.17, 15) is 18.8 Å². The van der Waals surface area contributed by atoms with E-state index in [1.807, 2.05) is 5.32 Å². The van der Waals surface area contributed by atoms with Gasteiger partial charge in [0.15, 0.2) is 0 Å². The van der Waals surface area contributed by atoms with Crippen molar-refractivity contribution in [1.29, 1.82) is 0 Å². The Bertz CT molecular complexity index is 872. The number of rotatable bonds is 4. The van der Waals surface area contributed by atoms with Crippen molar-refractivity contribution < 1.29 is 23.5 Å². The number of ether oxygens (including phenoxy) is 1. The van der Waals surface area contributed by atoms with Crippen molar-refractivity contribution in [2.45, 2.75) is 6.92 Å². The van der Waals surface area contributed by atoms with Gasteiger partial charge in [0.2, 0.25) is 5.91 Å². The van der Waals surface area contributed by atoms with Crippen LogP contribution < -0.4 is 20.7 Å². The second-order valence-electron chi connectivity index (χ2n) is 5.58. The van der Waals surface area contributed by atoms with Gasteiger partial charge >= 0.3 is 12.1 Å². The number of aromatic nitrogens is 1. The Hall–Kier alpha value is -3.69. The Morgan fingerprint density at radius 2 is 1.78 bits per heavy atom. The summed E-state index contributed by atoms with van der Waals surface area (Å²) in [7, 11) is 3.18. The number of halogens is 1. The van der Waals surface area contributed by atoms with Crippen molar-refractivity contribution in [3.8, 4) is 11.5 Å². The first-order chi connectivity index (χ1) is 12.7. The molecule has 9 nitrogen and oxygen atoms in total. The molecule has 1 heterocycles. The molecule has 0 unspecified atom stereocenters. The highest BCUT2D eigenvalue weighted by atomic mass is 19.1. The number of nitrogens with one attached hydrogen (secondary N) is 3. The van der Waals surface area contributed by atoms with Gasteiger partial charge in [-0.3, -0.25) is 15.4 Å². The van der Waals surface area contributed by atoms with Crippen LogP contribution in [0.4, 0.5) is 25.5 Å². The number of pyridine rings is 1. The molecule has 0 saturated carbocycles. The summed E-state index contributed by atoms with van der Waals surface area (Å²) >= 11 is 0. The lowest BCUT2D eigenvalue weighted by atomic mass is 10.3. The molecule has 1 aromatic heterocycles. The Balaban J connectivity index is 2.07. The smallest absolute Gasteiger partial charge is 0.325 e. The van der Waals surface area contributed by atoms with Crippen LogP contribution in [0.2, 0.25) is 0 Å². The molecule has 0 spiro atoms. The van der Waals surface area contributed by atoms with Crippen LogP contribution in [-0.4, -0.2) is 41.9 Å². The van der Waals surface area contributed by atoms with Gasteiger partial charge in [-0.05, 0) is 18.2 Å². The Morgan fingerprint density at radius 3 is 2.41 bits per heavy atom. The zero-order chi connectivity index (χ0) is 20.0. The highest BCUT2D eigenvalue weighted by Gasteiger charge is 2.10. The van der Waals surface area contributed by atoms with E-state index in [2.05, 4.69) is 15.6 Å². The van der Waals surface area contributed by atoms with E-state index in [0.29, 0.717) is 5.75 Å². The van der Waals surface area contributed by atoms with Gasteiger partial charge in [-0.25, -0.2) is 19.0 Å². The fourth-order valence-electron chi connectivity index (χ4n) is 1.87. The minimum atomic E-state index is -0.842. The summed E-state index contributed by atoms with van der Waals surface area (Å²) in [6.07, 6.45) is 1.43. The number of hydrogen-bond acceptors (Lipinski definition) is 5. The second kappa shape index (κ2) is 8.61. The molecule has 3 N–H and O–H groups in total. The minimum absolute atomic E-state index is 0.116. The highest BCUT2D eigenvalue weighted by Crippen LogP contribution is 2.26. The summed E-state index contributed by atoms with van der Waals surface area (Å²) in [5.41, 5.74) is -0.116. The molecule has 0 aliphatic heterocycles. The maximum atomic E-state index is 14.1. The molecular weight excluding hydrogens is 357 g/mol. The molecule has 0 bridgehead atoms. The van der Waals surface area contributed by atoms with Crippen molar-refractivity contribution in [2.24, 2.45) is 0 Å². The number of amides is 5. The number of hydrogen-bond donors (Lipinski definition) is 3. The lowest BCUT2D eigenvalue weighted by Crippen LogP contribution is -2.32. The molecule has 0 radical (unpaired) electrons. The van der Waals surface area contributed by atoms with Gasteiger partial charge < -0.3 is 15.0 Å². The summed E-state index contributed by atoms with van der Waals surface area (Å²) in [5.74, 6) is -0.551. The molecule has 5 amide bonds. The molecule has 2 aromatic rings. The SMILES string of the molecule is CC(=O)NC(=O)Nc1ccc(Oc2ccnc(NC(=O)N(C)C)c2)cc1F. The van der Waals surface area contributed by atoms with E-state index in [4.69, 9.17) is 4.74 Å². The summed E-state index contributed by atoms with van der Waals surface area (Å²) in [5, 5.41) is 6.75. The van der Waals surface area contributed by atoms with Gasteiger partial charge in [0.25, 0.3) is 0 Å². The number of benzene rings is 1.